The van der Waals surface area contributed by atoms with Crippen molar-refractivity contribution in [1.29, 1.82) is 0 Å². The van der Waals surface area contributed by atoms with Gasteiger partial charge in [-0.2, -0.15) is 0 Å². The molecule has 0 aromatic heterocycles. The Labute approximate surface area is 159 Å². The van der Waals surface area contributed by atoms with Crippen LogP contribution in [0.4, 0.5) is 11.4 Å². The van der Waals surface area contributed by atoms with Crippen molar-refractivity contribution in [3.8, 4) is 5.75 Å². The van der Waals surface area contributed by atoms with E-state index < -0.39 is 16.1 Å². The van der Waals surface area contributed by atoms with Crippen LogP contribution in [0.2, 0.25) is 0 Å². The maximum Gasteiger partial charge on any atom is 0.232 e. The number of hydrogen-bond acceptors (Lipinski definition) is 5. The second kappa shape index (κ2) is 8.88. The number of aliphatic hydroxyl groups excluding tert-OH is 1. The van der Waals surface area contributed by atoms with Crippen molar-refractivity contribution in [2.75, 3.05) is 29.0 Å². The average Bonchev–Trinajstić information content (AvgIpc) is 2.58. The highest BCUT2D eigenvalue weighted by Crippen LogP contribution is 2.19. The van der Waals surface area contributed by atoms with Crippen molar-refractivity contribution >= 4 is 27.3 Å². The summed E-state index contributed by atoms with van der Waals surface area (Å²) in [6, 6.07) is 13.7. The Morgan fingerprint density at radius 3 is 2.26 bits per heavy atom. The number of sulfonamides is 1. The molecule has 1 amide bonds. The summed E-state index contributed by atoms with van der Waals surface area (Å²) in [5.41, 5.74) is 2.14. The number of aliphatic hydroxyl groups is 1. The number of aryl methyl sites for hydroxylation is 1. The lowest BCUT2D eigenvalue weighted by molar-refractivity contribution is -0.114. The van der Waals surface area contributed by atoms with Gasteiger partial charge in [-0.05, 0) is 43.3 Å². The van der Waals surface area contributed by atoms with Crippen LogP contribution in [0, 0.1) is 6.92 Å². The van der Waals surface area contributed by atoms with Crippen LogP contribution in [0.1, 0.15) is 12.5 Å². The predicted molar refractivity (Wildman–Crippen MR) is 106 cm³/mol. The van der Waals surface area contributed by atoms with E-state index in [1.54, 1.807) is 36.4 Å². The first-order chi connectivity index (χ1) is 12.6. The quantitative estimate of drug-likeness (QED) is 0.718. The largest absolute Gasteiger partial charge is 0.491 e. The van der Waals surface area contributed by atoms with Crippen molar-refractivity contribution in [2.45, 2.75) is 20.0 Å². The molecular formula is C19H24N2O5S. The lowest BCUT2D eigenvalue weighted by Crippen LogP contribution is -2.39. The van der Waals surface area contributed by atoms with Gasteiger partial charge in [0.25, 0.3) is 0 Å². The number of hydrogen-bond donors (Lipinski definition) is 2. The number of carbonyl (C=O) groups is 1. The molecule has 0 aliphatic heterocycles. The van der Waals surface area contributed by atoms with Crippen LogP contribution in [-0.2, 0) is 14.8 Å². The number of benzene rings is 2. The Bertz CT molecular complexity index is 864. The highest BCUT2D eigenvalue weighted by atomic mass is 32.2. The van der Waals surface area contributed by atoms with Gasteiger partial charge in [0.2, 0.25) is 15.9 Å². The van der Waals surface area contributed by atoms with E-state index in [1.807, 2.05) is 19.1 Å². The zero-order valence-electron chi connectivity index (χ0n) is 15.5. The van der Waals surface area contributed by atoms with Gasteiger partial charge in [0.1, 0.15) is 18.5 Å². The van der Waals surface area contributed by atoms with E-state index in [1.165, 1.54) is 6.92 Å². The lowest BCUT2D eigenvalue weighted by atomic mass is 10.2. The highest BCUT2D eigenvalue weighted by molar-refractivity contribution is 7.92. The van der Waals surface area contributed by atoms with Crippen molar-refractivity contribution < 1.29 is 23.1 Å². The van der Waals surface area contributed by atoms with Gasteiger partial charge in [-0.1, -0.05) is 17.7 Å². The monoisotopic (exact) mass is 392 g/mol. The molecule has 2 aromatic rings. The molecule has 0 heterocycles. The predicted octanol–water partition coefficient (Wildman–Crippen LogP) is 2.16. The van der Waals surface area contributed by atoms with Crippen molar-refractivity contribution in [1.82, 2.24) is 0 Å². The smallest absolute Gasteiger partial charge is 0.232 e. The Balaban J connectivity index is 1.98. The van der Waals surface area contributed by atoms with Crippen LogP contribution in [0.3, 0.4) is 0 Å². The van der Waals surface area contributed by atoms with Crippen LogP contribution >= 0.6 is 0 Å². The van der Waals surface area contributed by atoms with Gasteiger partial charge < -0.3 is 15.2 Å². The molecule has 0 saturated heterocycles. The van der Waals surface area contributed by atoms with Gasteiger partial charge in [0.15, 0.2) is 0 Å². The molecule has 7 nitrogen and oxygen atoms in total. The SMILES string of the molecule is CC(=O)Nc1ccc(OCC(O)CN(c2ccc(C)cc2)S(C)(=O)=O)cc1. The van der Waals surface area contributed by atoms with E-state index in [0.29, 0.717) is 17.1 Å². The molecule has 0 aliphatic carbocycles. The minimum Gasteiger partial charge on any atom is -0.491 e. The molecule has 8 heteroatoms. The Hall–Kier alpha value is -2.58. The third-order valence-electron chi connectivity index (χ3n) is 3.72. The Morgan fingerprint density at radius 1 is 1.15 bits per heavy atom. The zero-order valence-corrected chi connectivity index (χ0v) is 16.4. The number of amides is 1. The van der Waals surface area contributed by atoms with Crippen LogP contribution in [0.25, 0.3) is 0 Å². The molecule has 2 aromatic carbocycles. The van der Waals surface area contributed by atoms with E-state index in [2.05, 4.69) is 5.32 Å². The third-order valence-corrected chi connectivity index (χ3v) is 4.88. The molecule has 0 aliphatic rings. The summed E-state index contributed by atoms with van der Waals surface area (Å²) in [6.07, 6.45) is 0.0808. The summed E-state index contributed by atoms with van der Waals surface area (Å²) < 4.78 is 30.8. The van der Waals surface area contributed by atoms with Gasteiger partial charge >= 0.3 is 0 Å². The molecule has 1 unspecified atom stereocenters. The molecule has 1 atom stereocenters. The van der Waals surface area contributed by atoms with Crippen molar-refractivity contribution in [3.05, 3.63) is 54.1 Å². The molecule has 0 radical (unpaired) electrons. The lowest BCUT2D eigenvalue weighted by Gasteiger charge is -2.25. The molecule has 0 saturated carbocycles. The van der Waals surface area contributed by atoms with Gasteiger partial charge in [-0.15, -0.1) is 0 Å². The topological polar surface area (TPSA) is 95.9 Å². The van der Waals surface area contributed by atoms with Crippen LogP contribution in [0.5, 0.6) is 5.75 Å². The maximum absolute atomic E-state index is 12.1. The highest BCUT2D eigenvalue weighted by Gasteiger charge is 2.21. The number of carbonyl (C=O) groups excluding carboxylic acids is 1. The molecular weight excluding hydrogens is 368 g/mol. The summed E-state index contributed by atoms with van der Waals surface area (Å²) in [5.74, 6) is 0.334. The van der Waals surface area contributed by atoms with Gasteiger partial charge in [-0.25, -0.2) is 8.42 Å². The van der Waals surface area contributed by atoms with E-state index in [-0.39, 0.29) is 19.1 Å². The molecule has 0 fully saturated rings. The third kappa shape index (κ3) is 6.58. The van der Waals surface area contributed by atoms with Crippen LogP contribution < -0.4 is 14.4 Å². The van der Waals surface area contributed by atoms with Crippen molar-refractivity contribution in [3.63, 3.8) is 0 Å². The summed E-state index contributed by atoms with van der Waals surface area (Å²) in [7, 11) is -3.55. The fourth-order valence-corrected chi connectivity index (χ4v) is 3.37. The van der Waals surface area contributed by atoms with Gasteiger partial charge in [0, 0.05) is 12.6 Å². The first-order valence-corrected chi connectivity index (χ1v) is 10.2. The van der Waals surface area contributed by atoms with Crippen molar-refractivity contribution in [2.24, 2.45) is 0 Å². The average molecular weight is 392 g/mol. The molecule has 0 spiro atoms. The van der Waals surface area contributed by atoms with Gasteiger partial charge in [0.05, 0.1) is 18.5 Å². The van der Waals surface area contributed by atoms with Crippen LogP contribution in [0.15, 0.2) is 48.5 Å². The van der Waals surface area contributed by atoms with E-state index in [9.17, 15) is 18.3 Å². The number of nitrogens with one attached hydrogen (secondary N) is 1. The fourth-order valence-electron chi connectivity index (χ4n) is 2.42. The molecule has 2 rings (SSSR count). The fraction of sp³-hybridized carbons (Fsp3) is 0.316. The summed E-state index contributed by atoms with van der Waals surface area (Å²) in [4.78, 5) is 11.0. The minimum atomic E-state index is -3.55. The Morgan fingerprint density at radius 2 is 1.74 bits per heavy atom. The molecule has 2 N–H and O–H groups in total. The van der Waals surface area contributed by atoms with E-state index in [4.69, 9.17) is 4.74 Å². The summed E-state index contributed by atoms with van der Waals surface area (Å²) >= 11 is 0. The number of anilines is 2. The molecule has 0 bridgehead atoms. The van der Waals surface area contributed by atoms with Crippen LogP contribution in [-0.4, -0.2) is 44.9 Å². The second-order valence-corrected chi connectivity index (χ2v) is 8.21. The summed E-state index contributed by atoms with van der Waals surface area (Å²) in [6.45, 7) is 3.14. The normalized spacial score (nSPS) is 12.3. The number of nitrogens with zero attached hydrogens (tertiary/aromatic N) is 1. The maximum atomic E-state index is 12.1. The van der Waals surface area contributed by atoms with Gasteiger partial charge in [-0.3, -0.25) is 9.10 Å². The Kier molecular flexibility index (Phi) is 6.81. The minimum absolute atomic E-state index is 0.0721. The van der Waals surface area contributed by atoms with E-state index >= 15 is 0 Å². The molecule has 27 heavy (non-hydrogen) atoms. The first-order valence-electron chi connectivity index (χ1n) is 8.38. The molecule has 146 valence electrons. The second-order valence-electron chi connectivity index (χ2n) is 6.30. The first kappa shape index (κ1) is 20.7. The van der Waals surface area contributed by atoms with E-state index in [0.717, 1.165) is 16.1 Å². The standard InChI is InChI=1S/C19H24N2O5S/c1-14-4-8-17(9-5-14)21(27(3,24)25)12-18(23)13-26-19-10-6-16(7-11-19)20-15(2)22/h4-11,18,23H,12-13H2,1-3H3,(H,20,22). The summed E-state index contributed by atoms with van der Waals surface area (Å²) in [5, 5.41) is 12.9. The number of rotatable bonds is 8. The number of ether oxygens (including phenoxy) is 1. The zero-order chi connectivity index (χ0) is 20.0.